The zero-order valence-electron chi connectivity index (χ0n) is 11.1. The molecule has 2 N–H and O–H groups in total. The molecule has 0 aliphatic carbocycles. The van der Waals surface area contributed by atoms with E-state index in [1.54, 1.807) is 31.2 Å². The Balaban J connectivity index is 2.40. The number of nitrogens with zero attached hydrogens (tertiary/aromatic N) is 1. The van der Waals surface area contributed by atoms with Crippen LogP contribution in [0, 0.1) is 11.3 Å². The molecular formula is C14H16N2O4. The number of ether oxygens (including phenoxy) is 1. The summed E-state index contributed by atoms with van der Waals surface area (Å²) in [6.45, 7) is 1.51. The van der Waals surface area contributed by atoms with Gasteiger partial charge in [0.1, 0.15) is 11.8 Å². The number of carbonyl (C=O) groups excluding carboxylic acids is 1. The molecule has 0 fully saturated rings. The van der Waals surface area contributed by atoms with Crippen molar-refractivity contribution in [2.75, 3.05) is 6.61 Å². The number of para-hydroxylation sites is 1. The van der Waals surface area contributed by atoms with Crippen LogP contribution in [0.2, 0.25) is 0 Å². The van der Waals surface area contributed by atoms with Crippen LogP contribution in [0.3, 0.4) is 0 Å². The summed E-state index contributed by atoms with van der Waals surface area (Å²) in [5.41, 5.74) is 0.360. The quantitative estimate of drug-likeness (QED) is 0.782. The molecule has 1 aromatic rings. The molecule has 1 atom stereocenters. The molecule has 0 spiro atoms. The molecule has 6 heteroatoms. The highest BCUT2D eigenvalue weighted by Crippen LogP contribution is 2.16. The number of aliphatic carboxylic acids is 1. The lowest BCUT2D eigenvalue weighted by atomic mass is 10.2. The third-order valence-electron chi connectivity index (χ3n) is 2.56. The Morgan fingerprint density at radius 2 is 2.15 bits per heavy atom. The first-order valence-electron chi connectivity index (χ1n) is 6.16. The van der Waals surface area contributed by atoms with Crippen LogP contribution in [0.25, 0.3) is 0 Å². The van der Waals surface area contributed by atoms with E-state index in [0.717, 1.165) is 0 Å². The van der Waals surface area contributed by atoms with Crippen molar-refractivity contribution in [3.05, 3.63) is 29.8 Å². The number of hydrogen-bond acceptors (Lipinski definition) is 4. The summed E-state index contributed by atoms with van der Waals surface area (Å²) in [4.78, 5) is 22.0. The van der Waals surface area contributed by atoms with Gasteiger partial charge in [-0.25, -0.2) is 0 Å². The van der Waals surface area contributed by atoms with Gasteiger partial charge in [0.25, 0.3) is 5.91 Å². The fourth-order valence-electron chi connectivity index (χ4n) is 1.56. The second-order valence-corrected chi connectivity index (χ2v) is 4.30. The Morgan fingerprint density at radius 1 is 1.45 bits per heavy atom. The fraction of sp³-hybridized carbons (Fsp3) is 0.357. The van der Waals surface area contributed by atoms with Gasteiger partial charge in [-0.15, -0.1) is 0 Å². The van der Waals surface area contributed by atoms with Crippen LogP contribution in [0.1, 0.15) is 25.3 Å². The Hall–Kier alpha value is -2.55. The van der Waals surface area contributed by atoms with E-state index in [1.807, 2.05) is 6.07 Å². The summed E-state index contributed by atoms with van der Waals surface area (Å²) in [7, 11) is 0. The third-order valence-corrected chi connectivity index (χ3v) is 2.56. The Morgan fingerprint density at radius 3 is 2.80 bits per heavy atom. The lowest BCUT2D eigenvalue weighted by Gasteiger charge is -2.13. The van der Waals surface area contributed by atoms with Gasteiger partial charge in [0.15, 0.2) is 6.61 Å². The van der Waals surface area contributed by atoms with Crippen LogP contribution >= 0.6 is 0 Å². The van der Waals surface area contributed by atoms with Crippen LogP contribution in [0.5, 0.6) is 5.75 Å². The summed E-state index contributed by atoms with van der Waals surface area (Å²) >= 11 is 0. The van der Waals surface area contributed by atoms with Gasteiger partial charge in [-0.2, -0.15) is 5.26 Å². The molecule has 1 unspecified atom stereocenters. The molecule has 0 bridgehead atoms. The van der Waals surface area contributed by atoms with Crippen molar-refractivity contribution in [2.24, 2.45) is 0 Å². The normalized spacial score (nSPS) is 11.2. The highest BCUT2D eigenvalue weighted by molar-refractivity contribution is 5.78. The van der Waals surface area contributed by atoms with E-state index in [0.29, 0.717) is 17.7 Å². The molecule has 1 aromatic carbocycles. The van der Waals surface area contributed by atoms with Gasteiger partial charge in [-0.3, -0.25) is 9.59 Å². The molecule has 0 aliphatic heterocycles. The zero-order chi connectivity index (χ0) is 15.0. The number of carboxylic acids is 1. The number of carboxylic acid groups (broad SMARTS) is 1. The topological polar surface area (TPSA) is 99.4 Å². The molecule has 1 amide bonds. The fourth-order valence-corrected chi connectivity index (χ4v) is 1.56. The summed E-state index contributed by atoms with van der Waals surface area (Å²) < 4.78 is 5.27. The van der Waals surface area contributed by atoms with Crippen molar-refractivity contribution in [1.29, 1.82) is 5.26 Å². The molecule has 1 rings (SSSR count). The maximum Gasteiger partial charge on any atom is 0.303 e. The van der Waals surface area contributed by atoms with Crippen molar-refractivity contribution in [2.45, 2.75) is 25.8 Å². The van der Waals surface area contributed by atoms with E-state index >= 15 is 0 Å². The zero-order valence-corrected chi connectivity index (χ0v) is 11.1. The Labute approximate surface area is 117 Å². The van der Waals surface area contributed by atoms with Crippen molar-refractivity contribution in [3.63, 3.8) is 0 Å². The van der Waals surface area contributed by atoms with Gasteiger partial charge in [0.05, 0.1) is 5.56 Å². The smallest absolute Gasteiger partial charge is 0.303 e. The maximum absolute atomic E-state index is 11.6. The lowest BCUT2D eigenvalue weighted by molar-refractivity contribution is -0.137. The van der Waals surface area contributed by atoms with Crippen molar-refractivity contribution < 1.29 is 19.4 Å². The first-order valence-corrected chi connectivity index (χ1v) is 6.16. The van der Waals surface area contributed by atoms with Gasteiger partial charge in [0.2, 0.25) is 0 Å². The first kappa shape index (κ1) is 15.5. The summed E-state index contributed by atoms with van der Waals surface area (Å²) in [5, 5.41) is 20.0. The summed E-state index contributed by atoms with van der Waals surface area (Å²) in [6, 6.07) is 8.36. The molecule has 0 radical (unpaired) electrons. The number of amides is 1. The molecule has 0 aliphatic rings. The predicted octanol–water partition coefficient (Wildman–Crippen LogP) is 1.31. The molecule has 0 saturated heterocycles. The van der Waals surface area contributed by atoms with Crippen LogP contribution in [0.15, 0.2) is 24.3 Å². The highest BCUT2D eigenvalue weighted by Gasteiger charge is 2.10. The monoisotopic (exact) mass is 276 g/mol. The summed E-state index contributed by atoms with van der Waals surface area (Å²) in [6.07, 6.45) is 0.357. The molecule has 0 heterocycles. The van der Waals surface area contributed by atoms with E-state index in [1.165, 1.54) is 0 Å². The van der Waals surface area contributed by atoms with Gasteiger partial charge < -0.3 is 15.2 Å². The van der Waals surface area contributed by atoms with Crippen molar-refractivity contribution in [1.82, 2.24) is 5.32 Å². The lowest BCUT2D eigenvalue weighted by Crippen LogP contribution is -2.36. The largest absolute Gasteiger partial charge is 0.482 e. The van der Waals surface area contributed by atoms with Crippen molar-refractivity contribution >= 4 is 11.9 Å². The number of hydrogen-bond donors (Lipinski definition) is 2. The SMILES string of the molecule is CC(CCC(=O)O)NC(=O)COc1ccccc1C#N. The minimum Gasteiger partial charge on any atom is -0.482 e. The number of rotatable bonds is 7. The van der Waals surface area contributed by atoms with Crippen molar-refractivity contribution in [3.8, 4) is 11.8 Å². The maximum atomic E-state index is 11.6. The summed E-state index contributed by atoms with van der Waals surface area (Å²) in [5.74, 6) is -0.899. The molecule has 20 heavy (non-hydrogen) atoms. The Kier molecular flexibility index (Phi) is 6.04. The van der Waals surface area contributed by atoms with Gasteiger partial charge in [0, 0.05) is 12.5 Å². The standard InChI is InChI=1S/C14H16N2O4/c1-10(6-7-14(18)19)16-13(17)9-20-12-5-3-2-4-11(12)8-15/h2-5,10H,6-7,9H2,1H3,(H,16,17)(H,18,19). The van der Waals surface area contributed by atoms with Crippen LogP contribution in [-0.2, 0) is 9.59 Å². The number of nitrogens with one attached hydrogen (secondary N) is 1. The Bertz CT molecular complexity index is 522. The second-order valence-electron chi connectivity index (χ2n) is 4.30. The highest BCUT2D eigenvalue weighted by atomic mass is 16.5. The first-order chi connectivity index (χ1) is 9.52. The molecular weight excluding hydrogens is 260 g/mol. The average molecular weight is 276 g/mol. The van der Waals surface area contributed by atoms with Gasteiger partial charge in [-0.1, -0.05) is 12.1 Å². The average Bonchev–Trinajstić information content (AvgIpc) is 2.43. The van der Waals surface area contributed by atoms with Crippen LogP contribution < -0.4 is 10.1 Å². The molecule has 0 aromatic heterocycles. The predicted molar refractivity (Wildman–Crippen MR) is 71.1 cm³/mol. The number of carbonyl (C=O) groups is 2. The van der Waals surface area contributed by atoms with Crippen LogP contribution in [0.4, 0.5) is 0 Å². The van der Waals surface area contributed by atoms with E-state index < -0.39 is 5.97 Å². The number of benzene rings is 1. The van der Waals surface area contributed by atoms with Crippen LogP contribution in [-0.4, -0.2) is 29.6 Å². The molecule has 0 saturated carbocycles. The third kappa shape index (κ3) is 5.40. The van der Waals surface area contributed by atoms with E-state index in [2.05, 4.69) is 5.32 Å². The van der Waals surface area contributed by atoms with E-state index in [4.69, 9.17) is 15.1 Å². The molecule has 6 nitrogen and oxygen atoms in total. The molecule has 106 valence electrons. The number of nitriles is 1. The van der Waals surface area contributed by atoms with E-state index in [9.17, 15) is 9.59 Å². The van der Waals surface area contributed by atoms with Gasteiger partial charge >= 0.3 is 5.97 Å². The van der Waals surface area contributed by atoms with E-state index in [-0.39, 0.29) is 25.0 Å². The van der Waals surface area contributed by atoms with Gasteiger partial charge in [-0.05, 0) is 25.5 Å². The second kappa shape index (κ2) is 7.79. The minimum absolute atomic E-state index is 0.000427. The minimum atomic E-state index is -0.898.